The molecular formula is C17H15IOS. The Bertz CT molecular complexity index is 600. The largest absolute Gasteiger partial charge is 0.289 e. The fourth-order valence-corrected chi connectivity index (χ4v) is 2.75. The minimum absolute atomic E-state index is 0.0356. The SMILES string of the molecule is CCSc1ccc(C=CC(=O)c2ccc(I)cc2)cc1. The van der Waals surface area contributed by atoms with Crippen LogP contribution in [0.4, 0.5) is 0 Å². The quantitative estimate of drug-likeness (QED) is 0.296. The lowest BCUT2D eigenvalue weighted by Gasteiger charge is -1.99. The molecule has 20 heavy (non-hydrogen) atoms. The van der Waals surface area contributed by atoms with Crippen LogP contribution in [0.3, 0.4) is 0 Å². The van der Waals surface area contributed by atoms with Crippen molar-refractivity contribution in [2.75, 3.05) is 5.75 Å². The summed E-state index contributed by atoms with van der Waals surface area (Å²) in [5.74, 6) is 1.11. The van der Waals surface area contributed by atoms with Crippen molar-refractivity contribution in [3.63, 3.8) is 0 Å². The van der Waals surface area contributed by atoms with Gasteiger partial charge in [0.2, 0.25) is 0 Å². The van der Waals surface area contributed by atoms with Crippen LogP contribution >= 0.6 is 34.4 Å². The molecule has 0 saturated heterocycles. The maximum atomic E-state index is 12.0. The molecule has 1 nitrogen and oxygen atoms in total. The van der Waals surface area contributed by atoms with Crippen LogP contribution in [0.1, 0.15) is 22.8 Å². The predicted octanol–water partition coefficient (Wildman–Crippen LogP) is 5.30. The van der Waals surface area contributed by atoms with Gasteiger partial charge in [0, 0.05) is 14.0 Å². The van der Waals surface area contributed by atoms with E-state index in [1.807, 2.05) is 54.2 Å². The van der Waals surface area contributed by atoms with Gasteiger partial charge in [-0.25, -0.2) is 0 Å². The van der Waals surface area contributed by atoms with Crippen molar-refractivity contribution in [2.45, 2.75) is 11.8 Å². The Kier molecular flexibility index (Phi) is 5.86. The van der Waals surface area contributed by atoms with E-state index in [9.17, 15) is 4.79 Å². The zero-order valence-corrected chi connectivity index (χ0v) is 14.1. The van der Waals surface area contributed by atoms with Crippen LogP contribution in [-0.2, 0) is 0 Å². The highest BCUT2D eigenvalue weighted by Gasteiger charge is 2.00. The average Bonchev–Trinajstić information content (AvgIpc) is 2.47. The molecule has 102 valence electrons. The molecule has 0 fully saturated rings. The van der Waals surface area contributed by atoms with E-state index in [4.69, 9.17) is 0 Å². The Morgan fingerprint density at radius 3 is 2.35 bits per heavy atom. The van der Waals surface area contributed by atoms with Crippen LogP contribution in [0.15, 0.2) is 59.5 Å². The third-order valence-corrected chi connectivity index (χ3v) is 4.36. The highest BCUT2D eigenvalue weighted by Crippen LogP contribution is 2.18. The van der Waals surface area contributed by atoms with E-state index in [0.29, 0.717) is 0 Å². The second kappa shape index (κ2) is 7.64. The molecule has 0 unspecified atom stereocenters. The van der Waals surface area contributed by atoms with E-state index in [1.165, 1.54) is 4.90 Å². The molecule has 0 spiro atoms. The summed E-state index contributed by atoms with van der Waals surface area (Å²) in [7, 11) is 0. The smallest absolute Gasteiger partial charge is 0.185 e. The Hall–Kier alpha value is -1.07. The molecule has 3 heteroatoms. The molecule has 2 aromatic rings. The highest BCUT2D eigenvalue weighted by molar-refractivity contribution is 14.1. The van der Waals surface area contributed by atoms with Gasteiger partial charge in [0.15, 0.2) is 5.78 Å². The zero-order chi connectivity index (χ0) is 14.4. The first kappa shape index (κ1) is 15.3. The van der Waals surface area contributed by atoms with Gasteiger partial charge in [-0.05, 0) is 64.2 Å². The number of thioether (sulfide) groups is 1. The summed E-state index contributed by atoms with van der Waals surface area (Å²) in [5.41, 5.74) is 1.77. The van der Waals surface area contributed by atoms with Crippen molar-refractivity contribution in [1.29, 1.82) is 0 Å². The number of rotatable bonds is 5. The van der Waals surface area contributed by atoms with Gasteiger partial charge in [-0.15, -0.1) is 11.8 Å². The van der Waals surface area contributed by atoms with Gasteiger partial charge in [0.25, 0.3) is 0 Å². The van der Waals surface area contributed by atoms with E-state index in [1.54, 1.807) is 6.08 Å². The molecular weight excluding hydrogens is 379 g/mol. The molecule has 0 heterocycles. The number of benzene rings is 2. The van der Waals surface area contributed by atoms with Crippen molar-refractivity contribution in [3.8, 4) is 0 Å². The van der Waals surface area contributed by atoms with Crippen LogP contribution < -0.4 is 0 Å². The van der Waals surface area contributed by atoms with Crippen LogP contribution in [0.2, 0.25) is 0 Å². The summed E-state index contributed by atoms with van der Waals surface area (Å²) < 4.78 is 1.13. The lowest BCUT2D eigenvalue weighted by Crippen LogP contribution is -1.93. The Morgan fingerprint density at radius 2 is 1.75 bits per heavy atom. The summed E-state index contributed by atoms with van der Waals surface area (Å²) in [5, 5.41) is 0. The lowest BCUT2D eigenvalue weighted by atomic mass is 10.1. The van der Waals surface area contributed by atoms with E-state index in [-0.39, 0.29) is 5.78 Å². The number of ketones is 1. The maximum absolute atomic E-state index is 12.0. The fourth-order valence-electron chi connectivity index (χ4n) is 1.72. The van der Waals surface area contributed by atoms with E-state index < -0.39 is 0 Å². The summed E-state index contributed by atoms with van der Waals surface area (Å²) in [6, 6.07) is 15.8. The van der Waals surface area contributed by atoms with Gasteiger partial charge in [0.05, 0.1) is 0 Å². The Labute approximate surface area is 137 Å². The molecule has 0 aliphatic carbocycles. The second-order valence-corrected chi connectivity index (χ2v) is 6.79. The van der Waals surface area contributed by atoms with Gasteiger partial charge >= 0.3 is 0 Å². The van der Waals surface area contributed by atoms with Crippen molar-refractivity contribution in [1.82, 2.24) is 0 Å². The van der Waals surface area contributed by atoms with E-state index in [0.717, 1.165) is 20.4 Å². The van der Waals surface area contributed by atoms with Crippen molar-refractivity contribution in [3.05, 3.63) is 69.3 Å². The van der Waals surface area contributed by atoms with Gasteiger partial charge in [-0.3, -0.25) is 4.79 Å². The molecule has 0 bridgehead atoms. The standard InChI is InChI=1S/C17H15IOS/c1-2-20-16-10-3-13(4-11-16)5-12-17(19)14-6-8-15(18)9-7-14/h3-12H,2H2,1H3. The van der Waals surface area contributed by atoms with Gasteiger partial charge in [-0.1, -0.05) is 37.3 Å². The summed E-state index contributed by atoms with van der Waals surface area (Å²) in [6.45, 7) is 2.14. The molecule has 0 radical (unpaired) electrons. The van der Waals surface area contributed by atoms with Crippen LogP contribution in [0.25, 0.3) is 6.08 Å². The first-order valence-electron chi connectivity index (χ1n) is 6.40. The number of hydrogen-bond donors (Lipinski definition) is 0. The number of hydrogen-bond acceptors (Lipinski definition) is 2. The summed E-state index contributed by atoms with van der Waals surface area (Å²) in [6.07, 6.45) is 3.49. The minimum Gasteiger partial charge on any atom is -0.289 e. The Balaban J connectivity index is 2.04. The normalized spacial score (nSPS) is 10.9. The highest BCUT2D eigenvalue weighted by atomic mass is 127. The van der Waals surface area contributed by atoms with Gasteiger partial charge in [0.1, 0.15) is 0 Å². The predicted molar refractivity (Wildman–Crippen MR) is 95.4 cm³/mol. The van der Waals surface area contributed by atoms with Crippen LogP contribution in [-0.4, -0.2) is 11.5 Å². The number of allylic oxidation sites excluding steroid dienone is 1. The molecule has 2 aromatic carbocycles. The summed E-state index contributed by atoms with van der Waals surface area (Å²) in [4.78, 5) is 13.3. The molecule has 2 rings (SSSR count). The lowest BCUT2D eigenvalue weighted by molar-refractivity contribution is 0.104. The van der Waals surface area contributed by atoms with Crippen LogP contribution in [0.5, 0.6) is 0 Å². The first-order valence-corrected chi connectivity index (χ1v) is 8.46. The van der Waals surface area contributed by atoms with E-state index in [2.05, 4.69) is 41.6 Å². The monoisotopic (exact) mass is 394 g/mol. The van der Waals surface area contributed by atoms with Gasteiger partial charge < -0.3 is 0 Å². The molecule has 0 atom stereocenters. The molecule has 0 aliphatic rings. The maximum Gasteiger partial charge on any atom is 0.185 e. The summed E-state index contributed by atoms with van der Waals surface area (Å²) >= 11 is 4.04. The van der Waals surface area contributed by atoms with Crippen LogP contribution in [0, 0.1) is 3.57 Å². The van der Waals surface area contributed by atoms with Crippen molar-refractivity contribution < 1.29 is 4.79 Å². The second-order valence-electron chi connectivity index (χ2n) is 4.21. The van der Waals surface area contributed by atoms with Crippen molar-refractivity contribution in [2.24, 2.45) is 0 Å². The van der Waals surface area contributed by atoms with Gasteiger partial charge in [-0.2, -0.15) is 0 Å². The fraction of sp³-hybridized carbons (Fsp3) is 0.118. The zero-order valence-electron chi connectivity index (χ0n) is 11.2. The number of carbonyl (C=O) groups excluding carboxylic acids is 1. The Morgan fingerprint density at radius 1 is 1.10 bits per heavy atom. The molecule has 0 N–H and O–H groups in total. The molecule has 0 aromatic heterocycles. The number of halogens is 1. The van der Waals surface area contributed by atoms with E-state index >= 15 is 0 Å². The third-order valence-electron chi connectivity index (χ3n) is 2.75. The first-order chi connectivity index (χ1) is 9.69. The average molecular weight is 394 g/mol. The topological polar surface area (TPSA) is 17.1 Å². The molecule has 0 aliphatic heterocycles. The minimum atomic E-state index is 0.0356. The molecule has 0 saturated carbocycles. The van der Waals surface area contributed by atoms with Crippen molar-refractivity contribution >= 4 is 46.2 Å². The number of carbonyl (C=O) groups is 1. The molecule has 0 amide bonds. The third kappa shape index (κ3) is 4.49.